The van der Waals surface area contributed by atoms with E-state index in [0.29, 0.717) is 5.92 Å². The molecule has 0 spiro atoms. The molecule has 5 heteroatoms. The largest absolute Gasteiger partial charge is 0.312 e. The van der Waals surface area contributed by atoms with Crippen LogP contribution in [0, 0.1) is 12.8 Å². The van der Waals surface area contributed by atoms with Gasteiger partial charge in [0.05, 0.1) is 6.54 Å². The SMILES string of the molecule is Cc1sc(CNCC(C)C)cc1Cn1cncn1. The van der Waals surface area contributed by atoms with Gasteiger partial charge < -0.3 is 5.32 Å². The summed E-state index contributed by atoms with van der Waals surface area (Å²) in [4.78, 5) is 6.73. The molecule has 2 heterocycles. The highest BCUT2D eigenvalue weighted by molar-refractivity contribution is 7.12. The highest BCUT2D eigenvalue weighted by Crippen LogP contribution is 2.22. The monoisotopic (exact) mass is 264 g/mol. The van der Waals surface area contributed by atoms with Gasteiger partial charge in [0, 0.05) is 16.3 Å². The number of hydrogen-bond acceptors (Lipinski definition) is 4. The minimum absolute atomic E-state index is 0.695. The van der Waals surface area contributed by atoms with E-state index in [1.165, 1.54) is 15.3 Å². The van der Waals surface area contributed by atoms with Crippen molar-refractivity contribution in [2.45, 2.75) is 33.9 Å². The average Bonchev–Trinajstić information content (AvgIpc) is 2.90. The van der Waals surface area contributed by atoms with Gasteiger partial charge in [-0.05, 0) is 31.0 Å². The summed E-state index contributed by atoms with van der Waals surface area (Å²) in [6, 6.07) is 2.27. The van der Waals surface area contributed by atoms with E-state index in [-0.39, 0.29) is 0 Å². The van der Waals surface area contributed by atoms with Gasteiger partial charge >= 0.3 is 0 Å². The minimum atomic E-state index is 0.695. The number of nitrogens with zero attached hydrogens (tertiary/aromatic N) is 3. The molecule has 0 amide bonds. The van der Waals surface area contributed by atoms with Crippen LogP contribution >= 0.6 is 11.3 Å². The molecule has 18 heavy (non-hydrogen) atoms. The van der Waals surface area contributed by atoms with E-state index in [9.17, 15) is 0 Å². The zero-order valence-electron chi connectivity index (χ0n) is 11.2. The van der Waals surface area contributed by atoms with Crippen molar-refractivity contribution in [1.82, 2.24) is 20.1 Å². The molecule has 2 aromatic rings. The number of nitrogens with one attached hydrogen (secondary N) is 1. The molecule has 0 fully saturated rings. The first-order valence-electron chi connectivity index (χ1n) is 6.26. The van der Waals surface area contributed by atoms with Crippen molar-refractivity contribution in [2.75, 3.05) is 6.54 Å². The molecular weight excluding hydrogens is 244 g/mol. The lowest BCUT2D eigenvalue weighted by Gasteiger charge is -2.05. The maximum atomic E-state index is 4.14. The summed E-state index contributed by atoms with van der Waals surface area (Å²) in [5.41, 5.74) is 1.34. The first-order valence-corrected chi connectivity index (χ1v) is 7.08. The van der Waals surface area contributed by atoms with Crippen LogP contribution in [0.3, 0.4) is 0 Å². The Bertz CT molecular complexity index is 473. The number of thiophene rings is 1. The molecule has 0 aliphatic rings. The van der Waals surface area contributed by atoms with Crippen molar-refractivity contribution in [3.05, 3.63) is 34.0 Å². The Morgan fingerprint density at radius 3 is 2.94 bits per heavy atom. The number of rotatable bonds is 6. The summed E-state index contributed by atoms with van der Waals surface area (Å²) >= 11 is 1.86. The summed E-state index contributed by atoms with van der Waals surface area (Å²) in [7, 11) is 0. The van der Waals surface area contributed by atoms with E-state index in [1.54, 1.807) is 12.7 Å². The van der Waals surface area contributed by atoms with Crippen molar-refractivity contribution in [2.24, 2.45) is 5.92 Å². The van der Waals surface area contributed by atoms with E-state index in [2.05, 4.69) is 42.2 Å². The number of aromatic nitrogens is 3. The summed E-state index contributed by atoms with van der Waals surface area (Å²) in [6.07, 6.45) is 3.33. The van der Waals surface area contributed by atoms with E-state index in [0.717, 1.165) is 19.6 Å². The smallest absolute Gasteiger partial charge is 0.137 e. The molecule has 0 aliphatic carbocycles. The molecular formula is C13H20N4S. The molecule has 0 unspecified atom stereocenters. The van der Waals surface area contributed by atoms with Crippen molar-refractivity contribution in [3.63, 3.8) is 0 Å². The van der Waals surface area contributed by atoms with Gasteiger partial charge in [-0.2, -0.15) is 5.10 Å². The van der Waals surface area contributed by atoms with Gasteiger partial charge in [0.1, 0.15) is 12.7 Å². The highest BCUT2D eigenvalue weighted by atomic mass is 32.1. The Morgan fingerprint density at radius 2 is 2.28 bits per heavy atom. The summed E-state index contributed by atoms with van der Waals surface area (Å²) < 4.78 is 1.86. The fourth-order valence-electron chi connectivity index (χ4n) is 1.80. The van der Waals surface area contributed by atoms with Gasteiger partial charge in [-0.15, -0.1) is 11.3 Å². The molecule has 0 aliphatic heterocycles. The first kappa shape index (κ1) is 13.2. The first-order chi connectivity index (χ1) is 8.65. The zero-order chi connectivity index (χ0) is 13.0. The molecule has 0 saturated heterocycles. The van der Waals surface area contributed by atoms with Crippen LogP contribution in [0.4, 0.5) is 0 Å². The van der Waals surface area contributed by atoms with E-state index in [1.807, 2.05) is 16.0 Å². The van der Waals surface area contributed by atoms with Crippen LogP contribution in [0.15, 0.2) is 18.7 Å². The van der Waals surface area contributed by atoms with E-state index >= 15 is 0 Å². The van der Waals surface area contributed by atoms with Gasteiger partial charge in [0.15, 0.2) is 0 Å². The van der Waals surface area contributed by atoms with Crippen LogP contribution in [-0.2, 0) is 13.1 Å². The highest BCUT2D eigenvalue weighted by Gasteiger charge is 2.06. The van der Waals surface area contributed by atoms with Gasteiger partial charge in [0.2, 0.25) is 0 Å². The predicted octanol–water partition coefficient (Wildman–Crippen LogP) is 2.44. The molecule has 4 nitrogen and oxygen atoms in total. The Labute approximate surface area is 112 Å². The second kappa shape index (κ2) is 6.11. The number of aryl methyl sites for hydroxylation is 1. The number of hydrogen-bond donors (Lipinski definition) is 1. The minimum Gasteiger partial charge on any atom is -0.312 e. The topological polar surface area (TPSA) is 42.7 Å². The second-order valence-electron chi connectivity index (χ2n) is 4.91. The maximum absolute atomic E-state index is 4.14. The second-order valence-corrected chi connectivity index (χ2v) is 6.25. The molecule has 1 N–H and O–H groups in total. The molecule has 0 saturated carbocycles. The van der Waals surface area contributed by atoms with E-state index < -0.39 is 0 Å². The third kappa shape index (κ3) is 3.65. The summed E-state index contributed by atoms with van der Waals surface area (Å²) in [6.45, 7) is 9.46. The Hall–Kier alpha value is -1.20. The lowest BCUT2D eigenvalue weighted by molar-refractivity contribution is 0.554. The predicted molar refractivity (Wildman–Crippen MR) is 74.7 cm³/mol. The van der Waals surface area contributed by atoms with Gasteiger partial charge in [-0.3, -0.25) is 0 Å². The standard InChI is InChI=1S/C13H20N4S/c1-10(2)5-14-6-13-4-12(11(3)18-13)7-17-9-15-8-16-17/h4,8-10,14H,5-7H2,1-3H3. The normalized spacial score (nSPS) is 11.3. The van der Waals surface area contributed by atoms with Crippen molar-refractivity contribution < 1.29 is 0 Å². The maximum Gasteiger partial charge on any atom is 0.137 e. The molecule has 0 aromatic carbocycles. The molecule has 2 rings (SSSR count). The quantitative estimate of drug-likeness (QED) is 0.871. The van der Waals surface area contributed by atoms with Gasteiger partial charge in [-0.1, -0.05) is 13.8 Å². The summed E-state index contributed by atoms with van der Waals surface area (Å²) in [5, 5.41) is 7.62. The van der Waals surface area contributed by atoms with Gasteiger partial charge in [-0.25, -0.2) is 9.67 Å². The fourth-order valence-corrected chi connectivity index (χ4v) is 2.83. The fraction of sp³-hybridized carbons (Fsp3) is 0.538. The van der Waals surface area contributed by atoms with Crippen LogP contribution in [0.1, 0.15) is 29.2 Å². The Balaban J connectivity index is 1.94. The van der Waals surface area contributed by atoms with Crippen molar-refractivity contribution in [1.29, 1.82) is 0 Å². The molecule has 2 aromatic heterocycles. The molecule has 98 valence electrons. The van der Waals surface area contributed by atoms with Crippen molar-refractivity contribution >= 4 is 11.3 Å². The Morgan fingerprint density at radius 1 is 1.44 bits per heavy atom. The zero-order valence-corrected chi connectivity index (χ0v) is 12.0. The molecule has 0 bridgehead atoms. The third-order valence-corrected chi connectivity index (χ3v) is 3.82. The molecule has 0 radical (unpaired) electrons. The average molecular weight is 264 g/mol. The summed E-state index contributed by atoms with van der Waals surface area (Å²) in [5.74, 6) is 0.695. The van der Waals surface area contributed by atoms with Crippen LogP contribution in [0.25, 0.3) is 0 Å². The lowest BCUT2D eigenvalue weighted by Crippen LogP contribution is -2.18. The molecule has 0 atom stereocenters. The van der Waals surface area contributed by atoms with Crippen LogP contribution in [0.5, 0.6) is 0 Å². The van der Waals surface area contributed by atoms with E-state index in [4.69, 9.17) is 0 Å². The van der Waals surface area contributed by atoms with Crippen LogP contribution in [-0.4, -0.2) is 21.3 Å². The van der Waals surface area contributed by atoms with Crippen LogP contribution < -0.4 is 5.32 Å². The van der Waals surface area contributed by atoms with Gasteiger partial charge in [0.25, 0.3) is 0 Å². The van der Waals surface area contributed by atoms with Crippen molar-refractivity contribution in [3.8, 4) is 0 Å². The lowest BCUT2D eigenvalue weighted by atomic mass is 10.2. The van der Waals surface area contributed by atoms with Crippen LogP contribution in [0.2, 0.25) is 0 Å². The Kier molecular flexibility index (Phi) is 4.49. The third-order valence-electron chi connectivity index (χ3n) is 2.72.